The van der Waals surface area contributed by atoms with Gasteiger partial charge in [-0.3, -0.25) is 37.3 Å². The number of phosphoric acid groups is 2. The molecule has 0 radical (unpaired) electrons. The van der Waals surface area contributed by atoms with Gasteiger partial charge < -0.3 is 33.8 Å². The molecule has 0 heterocycles. The van der Waals surface area contributed by atoms with Crippen molar-refractivity contribution in [2.24, 2.45) is 17.8 Å². The van der Waals surface area contributed by atoms with E-state index in [1.807, 2.05) is 0 Å². The third kappa shape index (κ3) is 64.6. The third-order valence-corrected chi connectivity index (χ3v) is 18.0. The highest BCUT2D eigenvalue weighted by molar-refractivity contribution is 7.47. The lowest BCUT2D eigenvalue weighted by Gasteiger charge is -2.21. The van der Waals surface area contributed by atoms with Gasteiger partial charge in [-0.1, -0.05) is 299 Å². The Morgan fingerprint density at radius 2 is 0.517 bits per heavy atom. The van der Waals surface area contributed by atoms with Gasteiger partial charge in [0.15, 0.2) is 12.2 Å². The second-order valence-corrected chi connectivity index (χ2v) is 29.6. The Balaban J connectivity index is 5.24. The van der Waals surface area contributed by atoms with Crippen LogP contribution in [0.2, 0.25) is 0 Å². The summed E-state index contributed by atoms with van der Waals surface area (Å²) in [5.41, 5.74) is 0. The van der Waals surface area contributed by atoms with Crippen molar-refractivity contribution in [3.63, 3.8) is 0 Å². The molecule has 0 rings (SSSR count). The Labute approximate surface area is 543 Å². The van der Waals surface area contributed by atoms with Crippen LogP contribution in [0.5, 0.6) is 0 Å². The molecule has 0 aromatic carbocycles. The highest BCUT2D eigenvalue weighted by Gasteiger charge is 2.30. The quantitative estimate of drug-likeness (QED) is 0.0222. The molecule has 0 fully saturated rings. The molecule has 2 unspecified atom stereocenters. The number of hydrogen-bond donors (Lipinski definition) is 3. The molecule has 0 aliphatic rings. The molecule has 0 bridgehead atoms. The number of phosphoric ester groups is 2. The van der Waals surface area contributed by atoms with E-state index in [4.69, 9.17) is 37.0 Å². The maximum Gasteiger partial charge on any atom is 0.472 e. The minimum absolute atomic E-state index is 0.104. The van der Waals surface area contributed by atoms with Gasteiger partial charge in [-0.15, -0.1) is 0 Å². The van der Waals surface area contributed by atoms with E-state index in [9.17, 15) is 43.2 Å². The first-order chi connectivity index (χ1) is 42.7. The molecule has 89 heavy (non-hydrogen) atoms. The first-order valence-corrected chi connectivity index (χ1v) is 39.3. The van der Waals surface area contributed by atoms with Crippen molar-refractivity contribution >= 4 is 39.5 Å². The fourth-order valence-electron chi connectivity index (χ4n) is 10.5. The van der Waals surface area contributed by atoms with Crippen LogP contribution in [0.3, 0.4) is 0 Å². The molecule has 0 aromatic heterocycles. The summed E-state index contributed by atoms with van der Waals surface area (Å²) in [7, 11) is -9.90. The van der Waals surface area contributed by atoms with Crippen LogP contribution >= 0.6 is 15.6 Å². The molecule has 0 spiro atoms. The Morgan fingerprint density at radius 1 is 0.303 bits per heavy atom. The van der Waals surface area contributed by atoms with E-state index < -0.39 is 97.5 Å². The zero-order chi connectivity index (χ0) is 65.9. The summed E-state index contributed by atoms with van der Waals surface area (Å²) in [4.78, 5) is 72.5. The summed E-state index contributed by atoms with van der Waals surface area (Å²) in [6.07, 6.45) is 44.4. The van der Waals surface area contributed by atoms with Crippen molar-refractivity contribution in [3.8, 4) is 0 Å². The van der Waals surface area contributed by atoms with Crippen LogP contribution < -0.4 is 0 Å². The van der Waals surface area contributed by atoms with Crippen molar-refractivity contribution < 1.29 is 80.2 Å². The van der Waals surface area contributed by atoms with E-state index in [0.29, 0.717) is 25.7 Å². The zero-order valence-electron chi connectivity index (χ0n) is 57.9. The van der Waals surface area contributed by atoms with Crippen molar-refractivity contribution in [2.75, 3.05) is 39.6 Å². The predicted octanol–water partition coefficient (Wildman–Crippen LogP) is 19.8. The van der Waals surface area contributed by atoms with Crippen molar-refractivity contribution in [1.82, 2.24) is 0 Å². The van der Waals surface area contributed by atoms with Crippen LogP contribution in [-0.2, 0) is 65.4 Å². The second-order valence-electron chi connectivity index (χ2n) is 26.7. The summed E-state index contributed by atoms with van der Waals surface area (Å²) >= 11 is 0. The SMILES string of the molecule is CCCCCCCCCCCCC(=O)OC[C@H](COP(=O)(O)OC[C@H](O)COP(=O)(O)OC[C@@H](COC(=O)CCCCCCCCCCCC(C)C)OC(=O)CCCCCCCCCCCCCCCC(C)C)OC(=O)CCCCCCCCCCC(C)C. The Kier molecular flexibility index (Phi) is 59.6. The summed E-state index contributed by atoms with van der Waals surface area (Å²) in [6, 6.07) is 0. The normalized spacial score (nSPS) is 14.2. The van der Waals surface area contributed by atoms with Crippen LogP contribution in [0.15, 0.2) is 0 Å². The molecule has 17 nitrogen and oxygen atoms in total. The minimum atomic E-state index is -4.95. The number of hydrogen-bond acceptors (Lipinski definition) is 15. The highest BCUT2D eigenvalue weighted by Crippen LogP contribution is 2.45. The van der Waals surface area contributed by atoms with Gasteiger partial charge in [-0.25, -0.2) is 9.13 Å². The number of carbonyl (C=O) groups is 4. The molecule has 0 aromatic rings. The maximum absolute atomic E-state index is 13.0. The first kappa shape index (κ1) is 87.1. The van der Waals surface area contributed by atoms with E-state index in [1.165, 1.54) is 161 Å². The van der Waals surface area contributed by atoms with Crippen LogP contribution in [0.1, 0.15) is 350 Å². The maximum atomic E-state index is 13.0. The Morgan fingerprint density at radius 3 is 0.764 bits per heavy atom. The largest absolute Gasteiger partial charge is 0.472 e. The van der Waals surface area contributed by atoms with Gasteiger partial charge in [0.05, 0.1) is 26.4 Å². The Bertz CT molecular complexity index is 1750. The third-order valence-electron chi connectivity index (χ3n) is 16.1. The molecule has 19 heteroatoms. The minimum Gasteiger partial charge on any atom is -0.462 e. The molecule has 0 amide bonds. The summed E-state index contributed by atoms with van der Waals surface area (Å²) in [6.45, 7) is 11.8. The molecular weight excluding hydrogens is 1170 g/mol. The van der Waals surface area contributed by atoms with Gasteiger partial charge >= 0.3 is 39.5 Å². The van der Waals surface area contributed by atoms with Gasteiger partial charge in [0.1, 0.15) is 19.3 Å². The lowest BCUT2D eigenvalue weighted by Crippen LogP contribution is -2.30. The Hall–Kier alpha value is -1.94. The van der Waals surface area contributed by atoms with Gasteiger partial charge in [-0.2, -0.15) is 0 Å². The van der Waals surface area contributed by atoms with Gasteiger partial charge in [0, 0.05) is 25.7 Å². The number of aliphatic hydroxyl groups is 1. The van der Waals surface area contributed by atoms with Crippen LogP contribution in [0.25, 0.3) is 0 Å². The number of esters is 4. The van der Waals surface area contributed by atoms with Gasteiger partial charge in [0.2, 0.25) is 0 Å². The van der Waals surface area contributed by atoms with Gasteiger partial charge in [-0.05, 0) is 43.4 Å². The number of unbranched alkanes of at least 4 members (excludes halogenated alkanes) is 36. The topological polar surface area (TPSA) is 237 Å². The number of aliphatic hydroxyl groups excluding tert-OH is 1. The molecule has 528 valence electrons. The fraction of sp³-hybridized carbons (Fsp3) is 0.943. The smallest absolute Gasteiger partial charge is 0.462 e. The number of ether oxygens (including phenoxy) is 4. The van der Waals surface area contributed by atoms with E-state index in [-0.39, 0.29) is 25.7 Å². The van der Waals surface area contributed by atoms with E-state index in [1.54, 1.807) is 0 Å². The lowest BCUT2D eigenvalue weighted by molar-refractivity contribution is -0.161. The highest BCUT2D eigenvalue weighted by atomic mass is 31.2. The van der Waals surface area contributed by atoms with E-state index in [2.05, 4.69) is 48.5 Å². The molecule has 0 aliphatic heterocycles. The lowest BCUT2D eigenvalue weighted by atomic mass is 10.0. The molecule has 0 saturated heterocycles. The van der Waals surface area contributed by atoms with Crippen molar-refractivity contribution in [2.45, 2.75) is 369 Å². The number of carbonyl (C=O) groups excluding carboxylic acids is 4. The van der Waals surface area contributed by atoms with E-state index in [0.717, 1.165) is 108 Å². The summed E-state index contributed by atoms with van der Waals surface area (Å²) in [5.74, 6) is 0.121. The second kappa shape index (κ2) is 61.0. The predicted molar refractivity (Wildman–Crippen MR) is 358 cm³/mol. The fourth-order valence-corrected chi connectivity index (χ4v) is 12.1. The van der Waals surface area contributed by atoms with Gasteiger partial charge in [0.25, 0.3) is 0 Å². The van der Waals surface area contributed by atoms with E-state index >= 15 is 0 Å². The monoisotopic (exact) mass is 1310 g/mol. The molecule has 0 saturated carbocycles. The zero-order valence-corrected chi connectivity index (χ0v) is 59.7. The standard InChI is InChI=1S/C70H136O17P2/c1-8-9-10-11-12-13-22-30-37-44-51-67(72)80-58-66(87-70(75)54-47-40-33-26-25-29-36-43-50-63(6)7)60-85-89(78,79)83-56-64(71)55-82-88(76,77)84-59-65(57-81-68(73)52-45-38-31-24-19-21-28-35-42-49-62(4)5)86-69(74)53-46-39-32-23-18-16-14-15-17-20-27-34-41-48-61(2)3/h61-66,71H,8-60H2,1-7H3,(H,76,77)(H,78,79)/t64-,65-,66-/m1/s1. The molecule has 5 atom stereocenters. The molecule has 3 N–H and O–H groups in total. The van der Waals surface area contributed by atoms with Crippen molar-refractivity contribution in [3.05, 3.63) is 0 Å². The van der Waals surface area contributed by atoms with Crippen LogP contribution in [0, 0.1) is 17.8 Å². The molecule has 0 aliphatic carbocycles. The summed E-state index contributed by atoms with van der Waals surface area (Å²) < 4.78 is 68.3. The summed E-state index contributed by atoms with van der Waals surface area (Å²) in [5, 5.41) is 10.6. The van der Waals surface area contributed by atoms with Crippen molar-refractivity contribution in [1.29, 1.82) is 0 Å². The first-order valence-electron chi connectivity index (χ1n) is 36.3. The average molecular weight is 1310 g/mol. The van der Waals surface area contributed by atoms with Crippen LogP contribution in [0.4, 0.5) is 0 Å². The average Bonchev–Trinajstić information content (AvgIpc) is 3.68. The number of rotatable bonds is 68. The molecular formula is C70H136O17P2. The van der Waals surface area contributed by atoms with Crippen LogP contribution in [-0.4, -0.2) is 96.7 Å².